The predicted molar refractivity (Wildman–Crippen MR) is 85.0 cm³/mol. The van der Waals surface area contributed by atoms with Gasteiger partial charge in [0.1, 0.15) is 30.7 Å². The van der Waals surface area contributed by atoms with E-state index in [-0.39, 0.29) is 6.54 Å². The normalized spacial score (nSPS) is 11.8. The topological polar surface area (TPSA) is 80.8 Å². The number of benzene rings is 1. The maximum Gasteiger partial charge on any atom is 0.249 e. The van der Waals surface area contributed by atoms with E-state index in [1.807, 2.05) is 6.07 Å². The van der Waals surface area contributed by atoms with Crippen LogP contribution in [0.25, 0.3) is 10.8 Å². The first kappa shape index (κ1) is 16.3. The average molecular weight is 333 g/mol. The first-order valence-electron chi connectivity index (χ1n) is 7.24. The van der Waals surface area contributed by atoms with Crippen LogP contribution < -0.4 is 9.47 Å². The first-order valence-corrected chi connectivity index (χ1v) is 7.24. The van der Waals surface area contributed by atoms with E-state index in [0.717, 1.165) is 10.8 Å². The minimum absolute atomic E-state index is 0.262. The standard InChI is InChI=1S/C16H19N3O5/c1-20-12-5-11-7-24-15(14(11)13(6-12)21-2)16(22-3,23-4)8-19-10-17-9-18-19/h5-7,9-10H,8H2,1-4H3. The summed E-state index contributed by atoms with van der Waals surface area (Å²) in [5.74, 6) is 0.572. The van der Waals surface area contributed by atoms with Gasteiger partial charge < -0.3 is 23.4 Å². The van der Waals surface area contributed by atoms with Crippen LogP contribution in [0, 0.1) is 0 Å². The zero-order valence-corrected chi connectivity index (χ0v) is 14.0. The molecule has 0 amide bonds. The molecule has 24 heavy (non-hydrogen) atoms. The van der Waals surface area contributed by atoms with Crippen LogP contribution in [0.1, 0.15) is 5.76 Å². The van der Waals surface area contributed by atoms with Crippen molar-refractivity contribution in [1.29, 1.82) is 0 Å². The molecule has 2 aromatic heterocycles. The quantitative estimate of drug-likeness (QED) is 0.613. The van der Waals surface area contributed by atoms with E-state index in [1.54, 1.807) is 51.8 Å². The van der Waals surface area contributed by atoms with Gasteiger partial charge in [0.25, 0.3) is 0 Å². The molecule has 0 spiro atoms. The summed E-state index contributed by atoms with van der Waals surface area (Å²) in [4.78, 5) is 3.94. The Labute approximate surface area is 138 Å². The third-order valence-corrected chi connectivity index (χ3v) is 3.93. The van der Waals surface area contributed by atoms with Gasteiger partial charge in [-0.05, 0) is 6.07 Å². The number of ether oxygens (including phenoxy) is 4. The molecule has 0 bridgehead atoms. The van der Waals surface area contributed by atoms with Crippen molar-refractivity contribution in [2.45, 2.75) is 12.3 Å². The van der Waals surface area contributed by atoms with E-state index in [1.165, 1.54) is 6.33 Å². The van der Waals surface area contributed by atoms with Crippen molar-refractivity contribution in [3.8, 4) is 11.5 Å². The Morgan fingerprint density at radius 1 is 1.12 bits per heavy atom. The molecule has 128 valence electrons. The summed E-state index contributed by atoms with van der Waals surface area (Å²) < 4.78 is 29.6. The Morgan fingerprint density at radius 2 is 1.92 bits per heavy atom. The second kappa shape index (κ2) is 6.50. The number of furan rings is 1. The third kappa shape index (κ3) is 2.59. The highest BCUT2D eigenvalue weighted by atomic mass is 16.7. The van der Waals surface area contributed by atoms with Crippen LogP contribution in [-0.2, 0) is 21.8 Å². The molecule has 8 heteroatoms. The zero-order chi connectivity index (χ0) is 17.2. The minimum atomic E-state index is -1.18. The summed E-state index contributed by atoms with van der Waals surface area (Å²) in [5.41, 5.74) is 0. The molecule has 0 saturated carbocycles. The predicted octanol–water partition coefficient (Wildman–Crippen LogP) is 2.19. The van der Waals surface area contributed by atoms with Gasteiger partial charge in [-0.1, -0.05) is 0 Å². The molecule has 0 unspecified atom stereocenters. The number of hydrogen-bond acceptors (Lipinski definition) is 7. The van der Waals surface area contributed by atoms with Crippen LogP contribution in [-0.4, -0.2) is 43.2 Å². The molecule has 8 nitrogen and oxygen atoms in total. The Hall–Kier alpha value is -2.58. The molecule has 3 rings (SSSR count). The largest absolute Gasteiger partial charge is 0.497 e. The molecular formula is C16H19N3O5. The molecule has 0 aliphatic rings. The van der Waals surface area contributed by atoms with E-state index in [2.05, 4.69) is 10.1 Å². The van der Waals surface area contributed by atoms with E-state index in [9.17, 15) is 0 Å². The average Bonchev–Trinajstić information content (AvgIpc) is 3.28. The third-order valence-electron chi connectivity index (χ3n) is 3.93. The first-order chi connectivity index (χ1) is 11.7. The van der Waals surface area contributed by atoms with Crippen molar-refractivity contribution in [1.82, 2.24) is 14.8 Å². The summed E-state index contributed by atoms with van der Waals surface area (Å²) in [7, 11) is 6.28. The lowest BCUT2D eigenvalue weighted by atomic mass is 10.1. The molecule has 1 aromatic carbocycles. The second-order valence-corrected chi connectivity index (χ2v) is 5.11. The summed E-state index contributed by atoms with van der Waals surface area (Å²) >= 11 is 0. The summed E-state index contributed by atoms with van der Waals surface area (Å²) in [6.45, 7) is 0.262. The molecule has 2 heterocycles. The second-order valence-electron chi connectivity index (χ2n) is 5.11. The van der Waals surface area contributed by atoms with Crippen molar-refractivity contribution in [3.05, 3.63) is 36.8 Å². The van der Waals surface area contributed by atoms with Crippen molar-refractivity contribution < 1.29 is 23.4 Å². The molecule has 0 fully saturated rings. The van der Waals surface area contributed by atoms with Gasteiger partial charge in [0.05, 0.1) is 25.9 Å². The molecule has 3 aromatic rings. The van der Waals surface area contributed by atoms with E-state index < -0.39 is 5.79 Å². The van der Waals surface area contributed by atoms with E-state index in [0.29, 0.717) is 17.3 Å². The Balaban J connectivity index is 2.18. The van der Waals surface area contributed by atoms with Crippen molar-refractivity contribution in [3.63, 3.8) is 0 Å². The minimum Gasteiger partial charge on any atom is -0.497 e. The molecule has 0 aliphatic carbocycles. The van der Waals surface area contributed by atoms with Gasteiger partial charge in [0.2, 0.25) is 5.79 Å². The van der Waals surface area contributed by atoms with Crippen LogP contribution in [0.2, 0.25) is 0 Å². The molecule has 0 saturated heterocycles. The molecule has 0 radical (unpaired) electrons. The molecule has 0 N–H and O–H groups in total. The Morgan fingerprint density at radius 3 is 2.50 bits per heavy atom. The van der Waals surface area contributed by atoms with Gasteiger partial charge in [-0.3, -0.25) is 0 Å². The highest BCUT2D eigenvalue weighted by Gasteiger charge is 2.39. The van der Waals surface area contributed by atoms with Crippen LogP contribution >= 0.6 is 0 Å². The van der Waals surface area contributed by atoms with Crippen LogP contribution in [0.3, 0.4) is 0 Å². The highest BCUT2D eigenvalue weighted by molar-refractivity contribution is 5.92. The van der Waals surface area contributed by atoms with Gasteiger partial charge in [-0.25, -0.2) is 9.67 Å². The number of hydrogen-bond donors (Lipinski definition) is 0. The fourth-order valence-electron chi connectivity index (χ4n) is 2.68. The van der Waals surface area contributed by atoms with Gasteiger partial charge >= 0.3 is 0 Å². The number of nitrogens with zero attached hydrogens (tertiary/aromatic N) is 3. The molecule has 0 aliphatic heterocycles. The molecule has 0 atom stereocenters. The summed E-state index contributed by atoms with van der Waals surface area (Å²) in [6.07, 6.45) is 4.64. The Bertz CT molecular complexity index is 809. The van der Waals surface area contributed by atoms with Crippen molar-refractivity contribution >= 4 is 10.8 Å². The fourth-order valence-corrected chi connectivity index (χ4v) is 2.68. The van der Waals surface area contributed by atoms with Gasteiger partial charge in [0, 0.05) is 25.7 Å². The Kier molecular flexibility index (Phi) is 4.41. The van der Waals surface area contributed by atoms with Gasteiger partial charge in [-0.2, -0.15) is 5.10 Å². The lowest BCUT2D eigenvalue weighted by Crippen LogP contribution is -2.36. The van der Waals surface area contributed by atoms with E-state index in [4.69, 9.17) is 23.4 Å². The van der Waals surface area contributed by atoms with Crippen molar-refractivity contribution in [2.75, 3.05) is 28.4 Å². The summed E-state index contributed by atoms with van der Waals surface area (Å²) in [5, 5.41) is 5.68. The maximum atomic E-state index is 5.81. The van der Waals surface area contributed by atoms with Crippen LogP contribution in [0.5, 0.6) is 11.5 Å². The van der Waals surface area contributed by atoms with Crippen LogP contribution in [0.15, 0.2) is 35.5 Å². The number of aromatic nitrogens is 3. The number of fused-ring (bicyclic) bond motifs is 1. The SMILES string of the molecule is COc1cc(OC)c2c(C(Cn3cncn3)(OC)OC)occ2c1. The molecular weight excluding hydrogens is 314 g/mol. The number of methoxy groups -OCH3 is 4. The zero-order valence-electron chi connectivity index (χ0n) is 14.0. The van der Waals surface area contributed by atoms with E-state index >= 15 is 0 Å². The summed E-state index contributed by atoms with van der Waals surface area (Å²) in [6, 6.07) is 3.64. The fraction of sp³-hybridized carbons (Fsp3) is 0.375. The van der Waals surface area contributed by atoms with Crippen molar-refractivity contribution in [2.24, 2.45) is 0 Å². The maximum absolute atomic E-state index is 5.81. The lowest BCUT2D eigenvalue weighted by molar-refractivity contribution is -0.235. The van der Waals surface area contributed by atoms with Gasteiger partial charge in [0.15, 0.2) is 5.76 Å². The van der Waals surface area contributed by atoms with Gasteiger partial charge in [-0.15, -0.1) is 0 Å². The monoisotopic (exact) mass is 333 g/mol. The van der Waals surface area contributed by atoms with Crippen LogP contribution in [0.4, 0.5) is 0 Å². The smallest absolute Gasteiger partial charge is 0.249 e. The highest BCUT2D eigenvalue weighted by Crippen LogP contribution is 2.41. The number of rotatable bonds is 7. The lowest BCUT2D eigenvalue weighted by Gasteiger charge is -2.29.